The van der Waals surface area contributed by atoms with Gasteiger partial charge in [0.1, 0.15) is 5.00 Å². The molecule has 2 aliphatic rings. The lowest BCUT2D eigenvalue weighted by atomic mass is 10.0. The molecule has 1 fully saturated rings. The summed E-state index contributed by atoms with van der Waals surface area (Å²) in [5.74, 6) is -1.14. The Labute approximate surface area is 214 Å². The van der Waals surface area contributed by atoms with E-state index in [4.69, 9.17) is 5.73 Å². The Kier molecular flexibility index (Phi) is 7.79. The van der Waals surface area contributed by atoms with Gasteiger partial charge in [0.25, 0.3) is 11.8 Å². The third-order valence-corrected chi connectivity index (χ3v) is 9.90. The first-order valence-electron chi connectivity index (χ1n) is 12.0. The van der Waals surface area contributed by atoms with E-state index < -0.39 is 27.9 Å². The van der Waals surface area contributed by atoms with Gasteiger partial charge in [-0.15, -0.1) is 11.3 Å². The van der Waals surface area contributed by atoms with Crippen LogP contribution in [-0.4, -0.2) is 61.1 Å². The van der Waals surface area contributed by atoms with Crippen LogP contribution in [0.15, 0.2) is 29.2 Å². The summed E-state index contributed by atoms with van der Waals surface area (Å²) < 4.78 is 27.7. The number of anilines is 1. The summed E-state index contributed by atoms with van der Waals surface area (Å²) in [5, 5.41) is 5.22. The Morgan fingerprint density at radius 2 is 1.83 bits per heavy atom. The maximum absolute atomic E-state index is 13.1. The maximum Gasteiger partial charge on any atom is 0.319 e. The highest BCUT2D eigenvalue weighted by molar-refractivity contribution is 7.89. The van der Waals surface area contributed by atoms with Crippen LogP contribution in [0.3, 0.4) is 0 Å². The Bertz CT molecular complexity index is 1270. The van der Waals surface area contributed by atoms with E-state index in [0.29, 0.717) is 24.5 Å². The molecule has 4 N–H and O–H groups in total. The first kappa shape index (κ1) is 26.3. The van der Waals surface area contributed by atoms with Crippen LogP contribution in [-0.2, 0) is 23.0 Å². The molecule has 0 saturated carbocycles. The van der Waals surface area contributed by atoms with Crippen LogP contribution in [0.1, 0.15) is 64.3 Å². The van der Waals surface area contributed by atoms with Gasteiger partial charge in [-0.25, -0.2) is 13.2 Å². The van der Waals surface area contributed by atoms with E-state index >= 15 is 0 Å². The SMILES string of the molecule is CCN1CCc2c(sc(NC(=O)c3ccc(S(=O)(=O)N4CCCCC4C)cc3)c2C(=O)NC(N)=O)C1. The van der Waals surface area contributed by atoms with Crippen molar-refractivity contribution >= 4 is 44.2 Å². The van der Waals surface area contributed by atoms with Crippen molar-refractivity contribution in [3.63, 3.8) is 0 Å². The summed E-state index contributed by atoms with van der Waals surface area (Å²) in [6.45, 7) is 6.71. The zero-order valence-electron chi connectivity index (χ0n) is 20.4. The predicted molar refractivity (Wildman–Crippen MR) is 138 cm³/mol. The van der Waals surface area contributed by atoms with Crippen LogP contribution in [0.2, 0.25) is 0 Å². The van der Waals surface area contributed by atoms with E-state index in [-0.39, 0.29) is 22.1 Å². The van der Waals surface area contributed by atoms with Gasteiger partial charge < -0.3 is 11.1 Å². The average molecular weight is 534 g/mol. The normalized spacial score (nSPS) is 18.9. The van der Waals surface area contributed by atoms with Crippen molar-refractivity contribution in [3.05, 3.63) is 45.8 Å². The van der Waals surface area contributed by atoms with Gasteiger partial charge in [-0.2, -0.15) is 4.31 Å². The summed E-state index contributed by atoms with van der Waals surface area (Å²) in [5.41, 5.74) is 6.46. The topological polar surface area (TPSA) is 142 Å². The summed E-state index contributed by atoms with van der Waals surface area (Å²) in [6, 6.07) is 4.77. The Balaban J connectivity index is 1.57. The van der Waals surface area contributed by atoms with Crippen molar-refractivity contribution in [1.82, 2.24) is 14.5 Å². The molecule has 10 nitrogen and oxygen atoms in total. The number of piperidine rings is 1. The highest BCUT2D eigenvalue weighted by Gasteiger charge is 2.32. The average Bonchev–Trinajstić information content (AvgIpc) is 3.20. The quantitative estimate of drug-likeness (QED) is 0.521. The molecule has 0 radical (unpaired) electrons. The van der Waals surface area contributed by atoms with Crippen molar-refractivity contribution in [3.8, 4) is 0 Å². The minimum Gasteiger partial charge on any atom is -0.351 e. The minimum absolute atomic E-state index is 0.0646. The summed E-state index contributed by atoms with van der Waals surface area (Å²) >= 11 is 1.30. The highest BCUT2D eigenvalue weighted by Crippen LogP contribution is 2.37. The molecule has 1 aromatic heterocycles. The summed E-state index contributed by atoms with van der Waals surface area (Å²) in [4.78, 5) is 40.5. The smallest absolute Gasteiger partial charge is 0.319 e. The van der Waals surface area contributed by atoms with Crippen LogP contribution in [0.5, 0.6) is 0 Å². The zero-order chi connectivity index (χ0) is 26.0. The number of nitrogens with two attached hydrogens (primary N) is 1. The summed E-state index contributed by atoms with van der Waals surface area (Å²) in [7, 11) is -3.65. The second-order valence-electron chi connectivity index (χ2n) is 9.08. The first-order valence-corrected chi connectivity index (χ1v) is 14.3. The van der Waals surface area contributed by atoms with Gasteiger partial charge in [0, 0.05) is 36.1 Å². The van der Waals surface area contributed by atoms with Crippen molar-refractivity contribution in [2.24, 2.45) is 5.73 Å². The molecule has 12 heteroatoms. The van der Waals surface area contributed by atoms with Gasteiger partial charge in [0.15, 0.2) is 0 Å². The number of hydrogen-bond donors (Lipinski definition) is 3. The van der Waals surface area contributed by atoms with Crippen LogP contribution in [0.25, 0.3) is 0 Å². The minimum atomic E-state index is -3.65. The van der Waals surface area contributed by atoms with Crippen molar-refractivity contribution in [2.75, 3.05) is 25.0 Å². The number of likely N-dealkylation sites (N-methyl/N-ethyl adjacent to an activating group) is 1. The number of primary amides is 1. The predicted octanol–water partition coefficient (Wildman–Crippen LogP) is 2.75. The molecular weight excluding hydrogens is 502 g/mol. The molecule has 1 atom stereocenters. The van der Waals surface area contributed by atoms with E-state index in [0.717, 1.165) is 42.8 Å². The number of carbonyl (C=O) groups excluding carboxylic acids is 3. The molecule has 2 aromatic rings. The molecule has 3 heterocycles. The number of sulfonamides is 1. The van der Waals surface area contributed by atoms with E-state index in [9.17, 15) is 22.8 Å². The third kappa shape index (κ3) is 5.31. The van der Waals surface area contributed by atoms with Gasteiger partial charge >= 0.3 is 6.03 Å². The number of hydrogen-bond acceptors (Lipinski definition) is 7. The lowest BCUT2D eigenvalue weighted by Gasteiger charge is -2.32. The number of rotatable bonds is 6. The number of amides is 4. The van der Waals surface area contributed by atoms with Gasteiger partial charge in [0.05, 0.1) is 10.5 Å². The fraction of sp³-hybridized carbons (Fsp3) is 0.458. The Morgan fingerprint density at radius 1 is 1.11 bits per heavy atom. The largest absolute Gasteiger partial charge is 0.351 e. The maximum atomic E-state index is 13.1. The number of nitrogens with zero attached hydrogens (tertiary/aromatic N) is 2. The molecule has 2 aliphatic heterocycles. The molecule has 1 unspecified atom stereocenters. The second-order valence-corrected chi connectivity index (χ2v) is 12.1. The molecule has 4 amide bonds. The molecule has 36 heavy (non-hydrogen) atoms. The van der Waals surface area contributed by atoms with Crippen LogP contribution >= 0.6 is 11.3 Å². The van der Waals surface area contributed by atoms with E-state index in [2.05, 4.69) is 22.5 Å². The molecular formula is C24H31N5O5S2. The van der Waals surface area contributed by atoms with Gasteiger partial charge in [-0.3, -0.25) is 19.8 Å². The van der Waals surface area contributed by atoms with Crippen LogP contribution in [0, 0.1) is 0 Å². The fourth-order valence-electron chi connectivity index (χ4n) is 4.75. The molecule has 0 spiro atoms. The Morgan fingerprint density at radius 3 is 2.47 bits per heavy atom. The highest BCUT2D eigenvalue weighted by atomic mass is 32.2. The molecule has 0 bridgehead atoms. The number of fused-ring (bicyclic) bond motifs is 1. The van der Waals surface area contributed by atoms with Crippen LogP contribution < -0.4 is 16.4 Å². The zero-order valence-corrected chi connectivity index (χ0v) is 22.0. The van der Waals surface area contributed by atoms with Gasteiger partial charge in [-0.05, 0) is 62.6 Å². The third-order valence-electron chi connectivity index (χ3n) is 6.74. The first-order chi connectivity index (χ1) is 17.1. The number of carbonyl (C=O) groups is 3. The van der Waals surface area contributed by atoms with E-state index in [1.807, 2.05) is 6.92 Å². The summed E-state index contributed by atoms with van der Waals surface area (Å²) in [6.07, 6.45) is 3.27. The van der Waals surface area contributed by atoms with Crippen molar-refractivity contribution in [2.45, 2.75) is 57.0 Å². The number of urea groups is 1. The van der Waals surface area contributed by atoms with Crippen LogP contribution in [0.4, 0.5) is 9.80 Å². The fourth-order valence-corrected chi connectivity index (χ4v) is 7.73. The van der Waals surface area contributed by atoms with Crippen molar-refractivity contribution < 1.29 is 22.8 Å². The number of imide groups is 1. The molecule has 4 rings (SSSR count). The second kappa shape index (κ2) is 10.7. The number of thiophene rings is 1. The standard InChI is InChI=1S/C24H31N5O5S2/c1-3-28-13-11-18-19(14-28)35-23(20(18)22(31)27-24(25)32)26-21(30)16-7-9-17(10-8-16)36(33,34)29-12-5-4-6-15(29)2/h7-10,15H,3-6,11-14H2,1-2H3,(H,26,30)(H3,25,27,31,32). The lowest BCUT2D eigenvalue weighted by Crippen LogP contribution is -2.41. The molecule has 194 valence electrons. The van der Waals surface area contributed by atoms with E-state index in [1.165, 1.54) is 39.9 Å². The monoisotopic (exact) mass is 533 g/mol. The molecule has 0 aliphatic carbocycles. The van der Waals surface area contributed by atoms with E-state index in [1.54, 1.807) is 0 Å². The van der Waals surface area contributed by atoms with Gasteiger partial charge in [-0.1, -0.05) is 13.3 Å². The molecule has 1 aromatic carbocycles. The van der Waals surface area contributed by atoms with Crippen molar-refractivity contribution in [1.29, 1.82) is 0 Å². The number of nitrogens with one attached hydrogen (secondary N) is 2. The molecule has 1 saturated heterocycles. The lowest BCUT2D eigenvalue weighted by molar-refractivity contribution is 0.0965. The number of benzene rings is 1. The Hall–Kier alpha value is -2.80. The van der Waals surface area contributed by atoms with Gasteiger partial charge in [0.2, 0.25) is 10.0 Å².